The third kappa shape index (κ3) is 4.65. The molecule has 1 aromatic carbocycles. The van der Waals surface area contributed by atoms with Crippen LogP contribution in [-0.4, -0.2) is 39.0 Å². The first kappa shape index (κ1) is 18.1. The highest BCUT2D eigenvalue weighted by atomic mass is 32.2. The Morgan fingerprint density at radius 3 is 2.62 bits per heavy atom. The summed E-state index contributed by atoms with van der Waals surface area (Å²) in [5.41, 5.74) is -0.109. The predicted molar refractivity (Wildman–Crippen MR) is 86.1 cm³/mol. The fourth-order valence-corrected chi connectivity index (χ4v) is 3.44. The van der Waals surface area contributed by atoms with Crippen LogP contribution < -0.4 is 10.0 Å². The molecule has 0 unspecified atom stereocenters. The van der Waals surface area contributed by atoms with Crippen molar-refractivity contribution in [2.75, 3.05) is 25.1 Å². The summed E-state index contributed by atoms with van der Waals surface area (Å²) in [7, 11) is -4.12. The van der Waals surface area contributed by atoms with Gasteiger partial charge in [0.05, 0.1) is 9.82 Å². The van der Waals surface area contributed by atoms with Crippen molar-refractivity contribution in [1.29, 1.82) is 0 Å². The SMILES string of the molecule is CC(=O)NS(=O)(=O)c1ccc(NCC2CCOCC2)c([N+](=O)[O-])c1. The van der Waals surface area contributed by atoms with Crippen molar-refractivity contribution < 1.29 is 22.9 Å². The number of carbonyl (C=O) groups excluding carboxylic acids is 1. The lowest BCUT2D eigenvalue weighted by atomic mass is 10.0. The van der Waals surface area contributed by atoms with Gasteiger partial charge in [0.15, 0.2) is 0 Å². The molecule has 10 heteroatoms. The van der Waals surface area contributed by atoms with Gasteiger partial charge in [-0.05, 0) is 30.9 Å². The second kappa shape index (κ2) is 7.58. The van der Waals surface area contributed by atoms with E-state index < -0.39 is 20.9 Å². The molecule has 24 heavy (non-hydrogen) atoms. The fraction of sp³-hybridized carbons (Fsp3) is 0.500. The Bertz CT molecular complexity index is 728. The molecule has 0 spiro atoms. The molecule has 0 aromatic heterocycles. The van der Waals surface area contributed by atoms with Crippen LogP contribution in [-0.2, 0) is 19.6 Å². The third-order valence-electron chi connectivity index (χ3n) is 3.68. The fourth-order valence-electron chi connectivity index (χ4n) is 2.43. The van der Waals surface area contributed by atoms with E-state index in [1.807, 2.05) is 0 Å². The maximum atomic E-state index is 11.9. The molecule has 2 rings (SSSR count). The quantitative estimate of drug-likeness (QED) is 0.579. The van der Waals surface area contributed by atoms with Crippen LogP contribution in [0.4, 0.5) is 11.4 Å². The summed E-state index contributed by atoms with van der Waals surface area (Å²) < 4.78 is 30.9. The minimum Gasteiger partial charge on any atom is -0.381 e. The zero-order valence-corrected chi connectivity index (χ0v) is 14.0. The zero-order chi connectivity index (χ0) is 17.7. The number of nitro benzene ring substituents is 1. The number of nitrogens with one attached hydrogen (secondary N) is 2. The van der Waals surface area contributed by atoms with Gasteiger partial charge in [-0.25, -0.2) is 13.1 Å². The summed E-state index contributed by atoms with van der Waals surface area (Å²) in [6.07, 6.45) is 1.74. The number of carbonyl (C=O) groups is 1. The monoisotopic (exact) mass is 357 g/mol. The molecule has 1 aliphatic heterocycles. The molecular formula is C14H19N3O6S. The molecule has 1 fully saturated rings. The number of hydrogen-bond donors (Lipinski definition) is 2. The highest BCUT2D eigenvalue weighted by Crippen LogP contribution is 2.28. The number of hydrogen-bond acceptors (Lipinski definition) is 7. The molecule has 1 aromatic rings. The smallest absolute Gasteiger partial charge is 0.293 e. The van der Waals surface area contributed by atoms with E-state index in [1.165, 1.54) is 12.1 Å². The molecule has 1 heterocycles. The van der Waals surface area contributed by atoms with Gasteiger partial charge in [0.1, 0.15) is 5.69 Å². The van der Waals surface area contributed by atoms with Gasteiger partial charge in [-0.3, -0.25) is 14.9 Å². The highest BCUT2D eigenvalue weighted by molar-refractivity contribution is 7.90. The van der Waals surface area contributed by atoms with E-state index in [4.69, 9.17) is 4.74 Å². The number of rotatable bonds is 6. The molecule has 0 radical (unpaired) electrons. The zero-order valence-electron chi connectivity index (χ0n) is 13.1. The second-order valence-corrected chi connectivity index (χ2v) is 7.22. The maximum absolute atomic E-state index is 11.9. The molecule has 1 aliphatic rings. The predicted octanol–water partition coefficient (Wildman–Crippen LogP) is 1.26. The topological polar surface area (TPSA) is 128 Å². The van der Waals surface area contributed by atoms with Gasteiger partial charge < -0.3 is 10.1 Å². The van der Waals surface area contributed by atoms with Gasteiger partial charge >= 0.3 is 0 Å². The van der Waals surface area contributed by atoms with Crippen LogP contribution in [0.3, 0.4) is 0 Å². The lowest BCUT2D eigenvalue weighted by Gasteiger charge is -2.22. The molecule has 0 saturated carbocycles. The molecule has 0 bridgehead atoms. The molecule has 9 nitrogen and oxygen atoms in total. The van der Waals surface area contributed by atoms with Crippen LogP contribution in [0, 0.1) is 16.0 Å². The van der Waals surface area contributed by atoms with Crippen molar-refractivity contribution >= 4 is 27.3 Å². The lowest BCUT2D eigenvalue weighted by Crippen LogP contribution is -2.28. The van der Waals surface area contributed by atoms with Crippen LogP contribution in [0.2, 0.25) is 0 Å². The molecule has 0 aliphatic carbocycles. The number of benzene rings is 1. The maximum Gasteiger partial charge on any atom is 0.293 e. The van der Waals surface area contributed by atoms with Crippen LogP contribution >= 0.6 is 0 Å². The lowest BCUT2D eigenvalue weighted by molar-refractivity contribution is -0.384. The minimum absolute atomic E-state index is 0.244. The van der Waals surface area contributed by atoms with Crippen molar-refractivity contribution in [3.8, 4) is 0 Å². The van der Waals surface area contributed by atoms with E-state index in [-0.39, 0.29) is 16.3 Å². The molecular weight excluding hydrogens is 338 g/mol. The van der Waals surface area contributed by atoms with E-state index in [0.717, 1.165) is 25.8 Å². The number of nitrogens with zero attached hydrogens (tertiary/aromatic N) is 1. The standard InChI is InChI=1S/C14H19N3O6S/c1-10(18)16-24(21,22)12-2-3-13(14(8-12)17(19)20)15-9-11-4-6-23-7-5-11/h2-3,8,11,15H,4-7,9H2,1H3,(H,16,18). The Morgan fingerprint density at radius 2 is 2.04 bits per heavy atom. The largest absolute Gasteiger partial charge is 0.381 e. The Balaban J connectivity index is 2.20. The number of sulfonamides is 1. The number of amides is 1. The van der Waals surface area contributed by atoms with Crippen LogP contribution in [0.5, 0.6) is 0 Å². The Kier molecular flexibility index (Phi) is 5.73. The summed E-state index contributed by atoms with van der Waals surface area (Å²) in [6, 6.07) is 3.51. The Morgan fingerprint density at radius 1 is 1.38 bits per heavy atom. The summed E-state index contributed by atoms with van der Waals surface area (Å²) in [6.45, 7) is 2.93. The summed E-state index contributed by atoms with van der Waals surface area (Å²) in [5.74, 6) is -0.416. The van der Waals surface area contributed by atoms with E-state index in [1.54, 1.807) is 4.72 Å². The third-order valence-corrected chi connectivity index (χ3v) is 5.11. The first-order valence-corrected chi connectivity index (χ1v) is 8.91. The van der Waals surface area contributed by atoms with Crippen molar-refractivity contribution in [1.82, 2.24) is 4.72 Å². The molecule has 132 valence electrons. The average molecular weight is 357 g/mol. The van der Waals surface area contributed by atoms with Crippen molar-refractivity contribution in [2.45, 2.75) is 24.7 Å². The van der Waals surface area contributed by atoms with Gasteiger partial charge in [0.2, 0.25) is 5.91 Å². The second-order valence-electron chi connectivity index (χ2n) is 5.53. The van der Waals surface area contributed by atoms with E-state index >= 15 is 0 Å². The molecule has 0 atom stereocenters. The van der Waals surface area contributed by atoms with Crippen molar-refractivity contribution in [3.05, 3.63) is 28.3 Å². The van der Waals surface area contributed by atoms with E-state index in [9.17, 15) is 23.3 Å². The Hall–Kier alpha value is -2.20. The number of ether oxygens (including phenoxy) is 1. The molecule has 2 N–H and O–H groups in total. The average Bonchev–Trinajstić information content (AvgIpc) is 2.52. The van der Waals surface area contributed by atoms with Gasteiger partial charge in [-0.1, -0.05) is 0 Å². The van der Waals surface area contributed by atoms with E-state index in [2.05, 4.69) is 5.32 Å². The normalized spacial score (nSPS) is 15.7. The first-order chi connectivity index (χ1) is 11.3. The van der Waals surface area contributed by atoms with Crippen LogP contribution in [0.25, 0.3) is 0 Å². The first-order valence-electron chi connectivity index (χ1n) is 7.43. The molecule has 1 saturated heterocycles. The Labute approximate surface area is 139 Å². The van der Waals surface area contributed by atoms with Gasteiger partial charge in [0.25, 0.3) is 15.7 Å². The number of anilines is 1. The van der Waals surface area contributed by atoms with Crippen molar-refractivity contribution in [3.63, 3.8) is 0 Å². The highest BCUT2D eigenvalue weighted by Gasteiger charge is 2.23. The van der Waals surface area contributed by atoms with Gasteiger partial charge in [-0.15, -0.1) is 0 Å². The van der Waals surface area contributed by atoms with E-state index in [0.29, 0.717) is 25.7 Å². The van der Waals surface area contributed by atoms with Crippen LogP contribution in [0.15, 0.2) is 23.1 Å². The summed E-state index contributed by atoms with van der Waals surface area (Å²) in [4.78, 5) is 21.2. The van der Waals surface area contributed by atoms with Crippen molar-refractivity contribution in [2.24, 2.45) is 5.92 Å². The summed E-state index contributed by atoms with van der Waals surface area (Å²) in [5, 5.41) is 14.2. The minimum atomic E-state index is -4.12. The van der Waals surface area contributed by atoms with Crippen LogP contribution in [0.1, 0.15) is 19.8 Å². The van der Waals surface area contributed by atoms with Gasteiger partial charge in [0, 0.05) is 32.7 Å². The summed E-state index contributed by atoms with van der Waals surface area (Å²) >= 11 is 0. The molecule has 1 amide bonds. The van der Waals surface area contributed by atoms with Gasteiger partial charge in [-0.2, -0.15) is 0 Å². The number of nitro groups is 1.